The molecule has 0 radical (unpaired) electrons. The molecule has 0 amide bonds. The van der Waals surface area contributed by atoms with Crippen LogP contribution in [0, 0.1) is 5.82 Å². The van der Waals surface area contributed by atoms with Crippen LogP contribution in [0.4, 0.5) is 4.39 Å². The number of esters is 1. The van der Waals surface area contributed by atoms with E-state index < -0.39 is 5.97 Å². The first-order valence-corrected chi connectivity index (χ1v) is 7.54. The quantitative estimate of drug-likeness (QED) is 0.494. The minimum Gasteiger partial charge on any atom is -0.457 e. The van der Waals surface area contributed by atoms with Crippen LogP contribution in [0.2, 0.25) is 0 Å². The van der Waals surface area contributed by atoms with E-state index in [0.29, 0.717) is 27.5 Å². The number of benzene rings is 3. The van der Waals surface area contributed by atoms with E-state index in [1.807, 2.05) is 30.3 Å². The second kappa shape index (κ2) is 5.81. The molecular formula is C20H13FO3. The Bertz CT molecular complexity index is 1030. The van der Waals surface area contributed by atoms with Crippen molar-refractivity contribution in [1.29, 1.82) is 0 Å². The van der Waals surface area contributed by atoms with E-state index in [1.54, 1.807) is 30.3 Å². The number of ether oxygens (including phenoxy) is 1. The van der Waals surface area contributed by atoms with Gasteiger partial charge >= 0.3 is 5.97 Å². The first-order chi connectivity index (χ1) is 11.7. The molecule has 0 N–H and O–H groups in total. The van der Waals surface area contributed by atoms with Crippen LogP contribution >= 0.6 is 0 Å². The van der Waals surface area contributed by atoms with Crippen molar-refractivity contribution in [3.63, 3.8) is 0 Å². The van der Waals surface area contributed by atoms with Crippen molar-refractivity contribution in [2.45, 2.75) is 6.61 Å². The minimum absolute atomic E-state index is 0.193. The summed E-state index contributed by atoms with van der Waals surface area (Å²) in [5, 5.41) is 0.947. The monoisotopic (exact) mass is 320 g/mol. The maximum atomic E-state index is 14.1. The number of carbonyl (C=O) groups excluding carboxylic acids is 1. The van der Waals surface area contributed by atoms with Gasteiger partial charge in [0.05, 0.1) is 10.9 Å². The molecule has 3 nitrogen and oxygen atoms in total. The molecule has 1 aromatic heterocycles. The summed E-state index contributed by atoms with van der Waals surface area (Å²) in [6.45, 7) is 0.193. The SMILES string of the molecule is O=C(OCc1ccccc1)c1ccc2oc3cccc(F)c3c2c1. The van der Waals surface area contributed by atoms with Crippen LogP contribution in [-0.2, 0) is 11.3 Å². The second-order valence-electron chi connectivity index (χ2n) is 5.49. The molecule has 0 bridgehead atoms. The van der Waals surface area contributed by atoms with E-state index in [9.17, 15) is 9.18 Å². The summed E-state index contributed by atoms with van der Waals surface area (Å²) in [4.78, 5) is 12.3. The van der Waals surface area contributed by atoms with E-state index in [0.717, 1.165) is 5.56 Å². The number of furan rings is 1. The molecule has 118 valence electrons. The number of carbonyl (C=O) groups is 1. The predicted molar refractivity (Wildman–Crippen MR) is 89.2 cm³/mol. The number of hydrogen-bond acceptors (Lipinski definition) is 3. The summed E-state index contributed by atoms with van der Waals surface area (Å²) in [5.74, 6) is -0.826. The van der Waals surface area contributed by atoms with E-state index in [1.165, 1.54) is 6.07 Å². The Labute approximate surface area is 137 Å². The fourth-order valence-electron chi connectivity index (χ4n) is 2.72. The highest BCUT2D eigenvalue weighted by Crippen LogP contribution is 2.31. The third-order valence-electron chi connectivity index (χ3n) is 3.89. The first-order valence-electron chi connectivity index (χ1n) is 7.54. The van der Waals surface area contributed by atoms with Gasteiger partial charge in [0.15, 0.2) is 0 Å². The van der Waals surface area contributed by atoms with E-state index in [2.05, 4.69) is 0 Å². The maximum Gasteiger partial charge on any atom is 0.338 e. The minimum atomic E-state index is -0.452. The summed E-state index contributed by atoms with van der Waals surface area (Å²) in [5.41, 5.74) is 2.27. The van der Waals surface area contributed by atoms with Crippen molar-refractivity contribution in [2.24, 2.45) is 0 Å². The summed E-state index contributed by atoms with van der Waals surface area (Å²) < 4.78 is 25.0. The summed E-state index contributed by atoms with van der Waals surface area (Å²) in [7, 11) is 0. The van der Waals surface area contributed by atoms with Gasteiger partial charge in [-0.1, -0.05) is 36.4 Å². The molecule has 0 aliphatic heterocycles. The molecule has 1 heterocycles. The Balaban J connectivity index is 1.67. The zero-order valence-electron chi connectivity index (χ0n) is 12.7. The van der Waals surface area contributed by atoms with Gasteiger partial charge in [-0.25, -0.2) is 9.18 Å². The van der Waals surface area contributed by atoms with Crippen LogP contribution in [0.1, 0.15) is 15.9 Å². The van der Waals surface area contributed by atoms with Gasteiger partial charge in [-0.2, -0.15) is 0 Å². The van der Waals surface area contributed by atoms with Gasteiger partial charge in [0.1, 0.15) is 23.6 Å². The topological polar surface area (TPSA) is 39.4 Å². The zero-order valence-corrected chi connectivity index (χ0v) is 12.7. The highest BCUT2D eigenvalue weighted by atomic mass is 19.1. The third kappa shape index (κ3) is 2.52. The molecule has 0 saturated carbocycles. The van der Waals surface area contributed by atoms with Gasteiger partial charge in [0.2, 0.25) is 0 Å². The summed E-state index contributed by atoms with van der Waals surface area (Å²) in [6.07, 6.45) is 0. The largest absolute Gasteiger partial charge is 0.457 e. The maximum absolute atomic E-state index is 14.1. The molecule has 24 heavy (non-hydrogen) atoms. The van der Waals surface area contributed by atoms with Crippen molar-refractivity contribution in [1.82, 2.24) is 0 Å². The molecular weight excluding hydrogens is 307 g/mol. The second-order valence-corrected chi connectivity index (χ2v) is 5.49. The average Bonchev–Trinajstić information content (AvgIpc) is 2.99. The fourth-order valence-corrected chi connectivity index (χ4v) is 2.72. The van der Waals surface area contributed by atoms with Gasteiger partial charge < -0.3 is 9.15 Å². The van der Waals surface area contributed by atoms with Crippen molar-refractivity contribution in [3.8, 4) is 0 Å². The highest BCUT2D eigenvalue weighted by molar-refractivity contribution is 6.07. The Morgan fingerprint density at radius 1 is 0.958 bits per heavy atom. The molecule has 0 saturated heterocycles. The van der Waals surface area contributed by atoms with Gasteiger partial charge in [-0.3, -0.25) is 0 Å². The van der Waals surface area contributed by atoms with E-state index >= 15 is 0 Å². The summed E-state index contributed by atoms with van der Waals surface area (Å²) >= 11 is 0. The molecule has 0 spiro atoms. The Kier molecular flexibility index (Phi) is 3.50. The fraction of sp³-hybridized carbons (Fsp3) is 0.0500. The average molecular weight is 320 g/mol. The van der Waals surface area contributed by atoms with Gasteiger partial charge in [-0.15, -0.1) is 0 Å². The molecule has 3 aromatic carbocycles. The predicted octanol–water partition coefficient (Wildman–Crippen LogP) is 5.08. The highest BCUT2D eigenvalue weighted by Gasteiger charge is 2.14. The Hall–Kier alpha value is -3.14. The number of halogens is 1. The number of fused-ring (bicyclic) bond motifs is 3. The van der Waals surface area contributed by atoms with Gasteiger partial charge in [0.25, 0.3) is 0 Å². The molecule has 0 aliphatic rings. The van der Waals surface area contributed by atoms with Crippen molar-refractivity contribution in [3.05, 3.63) is 83.7 Å². The third-order valence-corrected chi connectivity index (χ3v) is 3.89. The lowest BCUT2D eigenvalue weighted by atomic mass is 10.1. The summed E-state index contributed by atoms with van der Waals surface area (Å²) in [6, 6.07) is 19.0. The number of rotatable bonds is 3. The standard InChI is InChI=1S/C20H13FO3/c21-16-7-4-8-18-19(16)15-11-14(9-10-17(15)24-18)20(22)23-12-13-5-2-1-3-6-13/h1-11H,12H2. The zero-order chi connectivity index (χ0) is 16.5. The number of hydrogen-bond donors (Lipinski definition) is 0. The lowest BCUT2D eigenvalue weighted by Gasteiger charge is -2.05. The molecule has 4 rings (SSSR count). The van der Waals surface area contributed by atoms with Crippen molar-refractivity contribution in [2.75, 3.05) is 0 Å². The normalized spacial score (nSPS) is 11.0. The van der Waals surface area contributed by atoms with Crippen LogP contribution in [0.3, 0.4) is 0 Å². The van der Waals surface area contributed by atoms with Crippen molar-refractivity contribution < 1.29 is 18.3 Å². The van der Waals surface area contributed by atoms with E-state index in [4.69, 9.17) is 9.15 Å². The van der Waals surface area contributed by atoms with Crippen LogP contribution in [0.5, 0.6) is 0 Å². The molecule has 0 atom stereocenters. The first kappa shape index (κ1) is 14.5. The lowest BCUT2D eigenvalue weighted by Crippen LogP contribution is -2.04. The molecule has 4 heteroatoms. The smallest absolute Gasteiger partial charge is 0.338 e. The Morgan fingerprint density at radius 3 is 2.62 bits per heavy atom. The molecule has 0 aliphatic carbocycles. The lowest BCUT2D eigenvalue weighted by molar-refractivity contribution is 0.0473. The van der Waals surface area contributed by atoms with Crippen LogP contribution in [0.25, 0.3) is 21.9 Å². The van der Waals surface area contributed by atoms with Crippen molar-refractivity contribution >= 4 is 27.9 Å². The van der Waals surface area contributed by atoms with Gasteiger partial charge in [0, 0.05) is 5.39 Å². The molecule has 0 unspecified atom stereocenters. The van der Waals surface area contributed by atoms with Crippen LogP contribution < -0.4 is 0 Å². The van der Waals surface area contributed by atoms with Crippen LogP contribution in [0.15, 0.2) is 71.1 Å². The van der Waals surface area contributed by atoms with E-state index in [-0.39, 0.29) is 12.4 Å². The molecule has 0 fully saturated rings. The van der Waals surface area contributed by atoms with Gasteiger partial charge in [-0.05, 0) is 35.9 Å². The van der Waals surface area contributed by atoms with Crippen LogP contribution in [-0.4, -0.2) is 5.97 Å². The molecule has 4 aromatic rings. The Morgan fingerprint density at radius 2 is 1.79 bits per heavy atom.